The minimum absolute atomic E-state index is 0.0225. The molecule has 0 atom stereocenters. The van der Waals surface area contributed by atoms with Crippen LogP contribution in [0.15, 0.2) is 65.9 Å². The highest BCUT2D eigenvalue weighted by atomic mass is 35.5. The third kappa shape index (κ3) is 7.48. The van der Waals surface area contributed by atoms with Crippen LogP contribution in [0.5, 0.6) is 0 Å². The lowest BCUT2D eigenvalue weighted by molar-refractivity contribution is -0.139. The van der Waals surface area contributed by atoms with Gasteiger partial charge in [-0.25, -0.2) is 14.8 Å². The fourth-order valence-corrected chi connectivity index (χ4v) is 3.26. The monoisotopic (exact) mass is 550 g/mol. The normalized spacial score (nSPS) is 11.5. The van der Waals surface area contributed by atoms with E-state index in [-0.39, 0.29) is 30.1 Å². The second kappa shape index (κ2) is 11.4. The molecule has 2 aromatic carbocycles. The minimum atomic E-state index is -4.87. The molecule has 190 valence electrons. The Bertz CT molecular complexity index is 1420. The average molecular weight is 551 g/mol. The topological polar surface area (TPSA) is 100 Å². The first-order valence-electron chi connectivity index (χ1n) is 10.4. The molecule has 14 heteroatoms. The van der Waals surface area contributed by atoms with Crippen LogP contribution in [-0.2, 0) is 12.7 Å². The molecule has 0 bridgehead atoms. The Morgan fingerprint density at radius 2 is 1.70 bits per heavy atom. The van der Waals surface area contributed by atoms with Gasteiger partial charge in [0.2, 0.25) is 17.8 Å². The number of hydrogen-bond donors (Lipinski definition) is 3. The maximum absolute atomic E-state index is 13.7. The molecule has 0 radical (unpaired) electrons. The fourth-order valence-electron chi connectivity index (χ4n) is 2.95. The van der Waals surface area contributed by atoms with E-state index < -0.39 is 17.6 Å². The number of nitrogens with zero attached hydrogens (tertiary/aromatic N) is 5. The van der Waals surface area contributed by atoms with Crippen LogP contribution in [0.25, 0.3) is 0 Å². The molecule has 0 aliphatic heterocycles. The Labute approximate surface area is 217 Å². The first-order valence-corrected chi connectivity index (χ1v) is 11.2. The summed E-state index contributed by atoms with van der Waals surface area (Å²) in [6.45, 7) is 0.258. The van der Waals surface area contributed by atoms with Crippen LogP contribution in [0, 0.1) is 5.82 Å². The summed E-state index contributed by atoms with van der Waals surface area (Å²) >= 11 is 11.8. The molecule has 0 aliphatic carbocycles. The van der Waals surface area contributed by atoms with Crippen molar-refractivity contribution in [3.63, 3.8) is 0 Å². The van der Waals surface area contributed by atoms with E-state index in [1.807, 2.05) is 0 Å². The Balaban J connectivity index is 1.58. The van der Waals surface area contributed by atoms with Gasteiger partial charge in [-0.15, -0.1) is 0 Å². The van der Waals surface area contributed by atoms with Gasteiger partial charge < -0.3 is 10.6 Å². The number of hydrazone groups is 1. The number of rotatable bonds is 8. The number of pyridine rings is 1. The quantitative estimate of drug-likeness (QED) is 0.0991. The van der Waals surface area contributed by atoms with Crippen molar-refractivity contribution in [2.75, 3.05) is 16.1 Å². The third-order valence-corrected chi connectivity index (χ3v) is 5.09. The van der Waals surface area contributed by atoms with E-state index in [4.69, 9.17) is 23.2 Å². The summed E-state index contributed by atoms with van der Waals surface area (Å²) in [6.07, 6.45) is -1.84. The van der Waals surface area contributed by atoms with Crippen molar-refractivity contribution in [1.29, 1.82) is 0 Å². The van der Waals surface area contributed by atoms with E-state index in [1.165, 1.54) is 6.21 Å². The molecular formula is C23H16Cl2F4N8. The number of halogens is 6. The Morgan fingerprint density at radius 1 is 0.919 bits per heavy atom. The van der Waals surface area contributed by atoms with E-state index in [0.717, 1.165) is 11.6 Å². The van der Waals surface area contributed by atoms with Crippen molar-refractivity contribution in [2.24, 2.45) is 5.10 Å². The van der Waals surface area contributed by atoms with Crippen LogP contribution in [0.4, 0.5) is 41.1 Å². The molecule has 4 rings (SSSR count). The molecule has 0 spiro atoms. The third-order valence-electron chi connectivity index (χ3n) is 4.63. The maximum atomic E-state index is 13.7. The largest absolute Gasteiger partial charge is 0.419 e. The SMILES string of the molecule is Fc1ccc(Nc2nc(NCc3ccc(Cl)nc3)nc(N/N=C/c3cccc(Cl)c3)n2)cc1C(F)(F)F. The zero-order valence-electron chi connectivity index (χ0n) is 18.6. The van der Waals surface area contributed by atoms with Gasteiger partial charge in [0.15, 0.2) is 0 Å². The maximum Gasteiger partial charge on any atom is 0.419 e. The lowest BCUT2D eigenvalue weighted by Crippen LogP contribution is -2.11. The van der Waals surface area contributed by atoms with Gasteiger partial charge in [0, 0.05) is 23.5 Å². The van der Waals surface area contributed by atoms with Crippen LogP contribution in [-0.4, -0.2) is 26.2 Å². The van der Waals surface area contributed by atoms with Crippen LogP contribution < -0.4 is 16.1 Å². The summed E-state index contributed by atoms with van der Waals surface area (Å²) in [7, 11) is 0. The second-order valence-electron chi connectivity index (χ2n) is 7.39. The van der Waals surface area contributed by atoms with Crippen LogP contribution >= 0.6 is 23.2 Å². The molecule has 0 fully saturated rings. The van der Waals surface area contributed by atoms with Gasteiger partial charge in [-0.2, -0.15) is 33.2 Å². The summed E-state index contributed by atoms with van der Waals surface area (Å²) < 4.78 is 53.0. The molecule has 0 saturated heterocycles. The number of hydrogen-bond acceptors (Lipinski definition) is 8. The van der Waals surface area contributed by atoms with E-state index in [9.17, 15) is 17.6 Å². The van der Waals surface area contributed by atoms with Gasteiger partial charge in [-0.3, -0.25) is 0 Å². The smallest absolute Gasteiger partial charge is 0.350 e. The number of nitrogens with one attached hydrogen (secondary N) is 3. The summed E-state index contributed by atoms with van der Waals surface area (Å²) in [5.74, 6) is -1.46. The van der Waals surface area contributed by atoms with Crippen molar-refractivity contribution in [1.82, 2.24) is 19.9 Å². The molecule has 37 heavy (non-hydrogen) atoms. The number of aromatic nitrogens is 4. The lowest BCUT2D eigenvalue weighted by Gasteiger charge is -2.12. The van der Waals surface area contributed by atoms with E-state index in [1.54, 1.807) is 42.6 Å². The molecule has 8 nitrogen and oxygen atoms in total. The molecule has 0 unspecified atom stereocenters. The van der Waals surface area contributed by atoms with Gasteiger partial charge in [0.1, 0.15) is 11.0 Å². The van der Waals surface area contributed by atoms with E-state index in [2.05, 4.69) is 41.1 Å². The van der Waals surface area contributed by atoms with Crippen molar-refractivity contribution < 1.29 is 17.6 Å². The Morgan fingerprint density at radius 3 is 2.43 bits per heavy atom. The lowest BCUT2D eigenvalue weighted by atomic mass is 10.2. The number of anilines is 4. The standard InChI is InChI=1S/C23H16Cl2F4N8/c24-15-3-1-2-13(8-15)12-32-37-22-35-20(31-11-14-4-7-19(25)30-10-14)34-21(36-22)33-16-5-6-18(26)17(9-16)23(27,28)29/h1-10,12H,11H2,(H3,31,33,34,35,36,37)/b32-12+. The minimum Gasteiger partial charge on any atom is -0.350 e. The molecule has 2 aromatic heterocycles. The van der Waals surface area contributed by atoms with E-state index >= 15 is 0 Å². The summed E-state index contributed by atoms with van der Waals surface area (Å²) in [4.78, 5) is 16.5. The van der Waals surface area contributed by atoms with Crippen molar-refractivity contribution in [3.05, 3.63) is 93.5 Å². The van der Waals surface area contributed by atoms with Crippen LogP contribution in [0.1, 0.15) is 16.7 Å². The zero-order chi connectivity index (χ0) is 26.4. The molecular weight excluding hydrogens is 535 g/mol. The molecule has 4 aromatic rings. The molecule has 0 amide bonds. The predicted molar refractivity (Wildman–Crippen MR) is 134 cm³/mol. The van der Waals surface area contributed by atoms with Crippen molar-refractivity contribution in [3.8, 4) is 0 Å². The van der Waals surface area contributed by atoms with Gasteiger partial charge in [0.25, 0.3) is 0 Å². The molecule has 2 heterocycles. The second-order valence-corrected chi connectivity index (χ2v) is 8.22. The fraction of sp³-hybridized carbons (Fsp3) is 0.0870. The first kappa shape index (κ1) is 26.0. The molecule has 0 aliphatic rings. The summed E-state index contributed by atoms with van der Waals surface area (Å²) in [6, 6.07) is 12.7. The first-order chi connectivity index (χ1) is 17.7. The molecule has 3 N–H and O–H groups in total. The van der Waals surface area contributed by atoms with Gasteiger partial charge >= 0.3 is 6.18 Å². The van der Waals surface area contributed by atoms with E-state index in [0.29, 0.717) is 27.9 Å². The van der Waals surface area contributed by atoms with Crippen molar-refractivity contribution >= 4 is 52.9 Å². The predicted octanol–water partition coefficient (Wildman–Crippen LogP) is 6.53. The summed E-state index contributed by atoms with van der Waals surface area (Å²) in [5, 5.41) is 10.5. The Kier molecular flexibility index (Phi) is 7.99. The average Bonchev–Trinajstić information content (AvgIpc) is 2.84. The van der Waals surface area contributed by atoms with Crippen LogP contribution in [0.3, 0.4) is 0 Å². The number of benzene rings is 2. The molecule has 0 saturated carbocycles. The zero-order valence-corrected chi connectivity index (χ0v) is 20.1. The highest BCUT2D eigenvalue weighted by molar-refractivity contribution is 6.30. The van der Waals surface area contributed by atoms with Gasteiger partial charge in [-0.05, 0) is 47.5 Å². The Hall–Kier alpha value is -4.03. The highest BCUT2D eigenvalue weighted by Gasteiger charge is 2.34. The van der Waals surface area contributed by atoms with Gasteiger partial charge in [-0.1, -0.05) is 41.4 Å². The van der Waals surface area contributed by atoms with Crippen LogP contribution in [0.2, 0.25) is 10.2 Å². The summed E-state index contributed by atoms with van der Waals surface area (Å²) in [5.41, 5.74) is 2.60. The highest BCUT2D eigenvalue weighted by Crippen LogP contribution is 2.33. The van der Waals surface area contributed by atoms with Crippen molar-refractivity contribution in [2.45, 2.75) is 12.7 Å². The van der Waals surface area contributed by atoms with Gasteiger partial charge in [0.05, 0.1) is 11.8 Å². The number of alkyl halides is 3.